The normalized spacial score (nSPS) is 14.7. The van der Waals surface area contributed by atoms with Gasteiger partial charge in [-0.25, -0.2) is 9.37 Å². The lowest BCUT2D eigenvalue weighted by Gasteiger charge is -2.24. The van der Waals surface area contributed by atoms with Crippen molar-refractivity contribution in [1.29, 1.82) is 0 Å². The lowest BCUT2D eigenvalue weighted by molar-refractivity contribution is 0.0783. The Kier molecular flexibility index (Phi) is 7.22. The Balaban J connectivity index is 2.34. The van der Waals surface area contributed by atoms with E-state index in [0.717, 1.165) is 16.8 Å². The van der Waals surface area contributed by atoms with E-state index in [1.54, 1.807) is 26.0 Å². The molecule has 1 atom stereocenters. The predicted octanol–water partition coefficient (Wildman–Crippen LogP) is 5.72. The first-order valence-corrected chi connectivity index (χ1v) is 11.2. The van der Waals surface area contributed by atoms with Crippen LogP contribution < -0.4 is 5.32 Å². The Bertz CT molecular complexity index is 881. The van der Waals surface area contributed by atoms with Crippen LogP contribution in [-0.2, 0) is 20.4 Å². The van der Waals surface area contributed by atoms with Gasteiger partial charge in [-0.05, 0) is 60.1 Å². The van der Waals surface area contributed by atoms with E-state index in [2.05, 4.69) is 14.7 Å². The molecule has 2 aromatic rings. The fourth-order valence-corrected chi connectivity index (χ4v) is 4.67. The second-order valence-electron chi connectivity index (χ2n) is 7.99. The lowest BCUT2D eigenvalue weighted by Crippen LogP contribution is -2.17. The fourth-order valence-electron chi connectivity index (χ4n) is 2.78. The molecule has 0 aliphatic rings. The summed E-state index contributed by atoms with van der Waals surface area (Å²) >= 11 is 1.18. The van der Waals surface area contributed by atoms with Crippen molar-refractivity contribution in [3.8, 4) is 0 Å². The molecule has 1 aromatic carbocycles. The predicted molar refractivity (Wildman–Crippen MR) is 114 cm³/mol. The van der Waals surface area contributed by atoms with Gasteiger partial charge < -0.3 is 19.0 Å². The molecule has 2 rings (SSSR count). The summed E-state index contributed by atoms with van der Waals surface area (Å²) < 4.78 is 31.5. The highest BCUT2D eigenvalue weighted by Crippen LogP contribution is 2.34. The zero-order valence-electron chi connectivity index (χ0n) is 17.4. The summed E-state index contributed by atoms with van der Waals surface area (Å²) in [7, 11) is -1.61. The summed E-state index contributed by atoms with van der Waals surface area (Å²) in [5.74, 6) is 0.00315. The third-order valence-electron chi connectivity index (χ3n) is 4.20. The molecular formula is C20H29FN3O2S2-. The number of aliphatic hydroxyl groups is 1. The second-order valence-corrected chi connectivity index (χ2v) is 10.4. The molecule has 5 nitrogen and oxygen atoms in total. The summed E-state index contributed by atoms with van der Waals surface area (Å²) in [6.45, 7) is 13.1. The van der Waals surface area contributed by atoms with Gasteiger partial charge in [-0.1, -0.05) is 27.7 Å². The Labute approximate surface area is 172 Å². The minimum absolute atomic E-state index is 0.129. The van der Waals surface area contributed by atoms with Crippen molar-refractivity contribution in [1.82, 2.24) is 4.98 Å². The molecule has 0 radical (unpaired) electrons. The molecule has 1 heterocycles. The third-order valence-corrected chi connectivity index (χ3v) is 6.94. The quantitative estimate of drug-likeness (QED) is 0.555. The van der Waals surface area contributed by atoms with E-state index >= 15 is 0 Å². The molecule has 2 N–H and O–H groups in total. The number of thiazole rings is 1. The summed E-state index contributed by atoms with van der Waals surface area (Å²) in [6, 6.07) is 3.09. The average molecular weight is 427 g/mol. The topological polar surface area (TPSA) is 74.6 Å². The Morgan fingerprint density at radius 3 is 2.14 bits per heavy atom. The van der Waals surface area contributed by atoms with Crippen molar-refractivity contribution in [3.05, 3.63) is 40.3 Å². The van der Waals surface area contributed by atoms with Crippen LogP contribution in [0.5, 0.6) is 0 Å². The smallest absolute Gasteiger partial charge is 0.123 e. The van der Waals surface area contributed by atoms with E-state index in [9.17, 15) is 13.7 Å². The van der Waals surface area contributed by atoms with E-state index in [0.29, 0.717) is 9.22 Å². The number of hydrogen-bond donors (Lipinski definition) is 2. The molecule has 0 amide bonds. The minimum atomic E-state index is -1.61. The molecule has 28 heavy (non-hydrogen) atoms. The van der Waals surface area contributed by atoms with Crippen LogP contribution in [0.1, 0.15) is 76.4 Å². The van der Waals surface area contributed by atoms with Crippen molar-refractivity contribution in [2.24, 2.45) is 4.36 Å². The summed E-state index contributed by atoms with van der Waals surface area (Å²) in [5, 5.41) is 13.8. The van der Waals surface area contributed by atoms with Crippen LogP contribution >= 0.6 is 11.3 Å². The van der Waals surface area contributed by atoms with Crippen molar-refractivity contribution in [3.63, 3.8) is 0 Å². The molecule has 0 saturated heterocycles. The van der Waals surface area contributed by atoms with E-state index in [1.165, 1.54) is 17.5 Å². The first kappa shape index (κ1) is 22.8. The number of nitrogens with zero attached hydrogens (tertiary/aromatic N) is 2. The highest BCUT2D eigenvalue weighted by molar-refractivity contribution is 7.77. The van der Waals surface area contributed by atoms with E-state index in [-0.39, 0.29) is 17.7 Å². The molecule has 0 bridgehead atoms. The Hall–Kier alpha value is -1.51. The van der Waals surface area contributed by atoms with Gasteiger partial charge in [0.25, 0.3) is 0 Å². The van der Waals surface area contributed by atoms with Crippen LogP contribution in [0.3, 0.4) is 0 Å². The third kappa shape index (κ3) is 5.52. The molecular weight excluding hydrogens is 397 g/mol. The fraction of sp³-hybridized carbons (Fsp3) is 0.550. The van der Waals surface area contributed by atoms with Crippen LogP contribution in [-0.4, -0.2) is 16.3 Å². The van der Waals surface area contributed by atoms with Gasteiger partial charge in [-0.3, -0.25) is 0 Å². The van der Waals surface area contributed by atoms with Gasteiger partial charge in [0.05, 0.1) is 6.17 Å². The number of benzene rings is 1. The number of aromatic nitrogens is 1. The Morgan fingerprint density at radius 2 is 1.71 bits per heavy atom. The van der Waals surface area contributed by atoms with Crippen LogP contribution in [0.4, 0.5) is 10.1 Å². The summed E-state index contributed by atoms with van der Waals surface area (Å²) in [4.78, 5) is 4.14. The first-order chi connectivity index (χ1) is 12.9. The zero-order valence-corrected chi connectivity index (χ0v) is 19.0. The first-order valence-electron chi connectivity index (χ1n) is 9.31. The van der Waals surface area contributed by atoms with Crippen LogP contribution in [0.15, 0.2) is 26.9 Å². The minimum Gasteiger partial charge on any atom is -0.439 e. The van der Waals surface area contributed by atoms with Crippen molar-refractivity contribution in [2.75, 3.05) is 5.32 Å². The number of hydrogen-bond acceptors (Lipinski definition) is 7. The molecule has 0 aliphatic heterocycles. The number of halogens is 1. The van der Waals surface area contributed by atoms with Gasteiger partial charge in [0.15, 0.2) is 0 Å². The molecule has 1 unspecified atom stereocenters. The summed E-state index contributed by atoms with van der Waals surface area (Å²) in [5.41, 5.74) is 1.52. The largest absolute Gasteiger partial charge is 0.439 e. The van der Waals surface area contributed by atoms with Crippen molar-refractivity contribution >= 4 is 27.6 Å². The second kappa shape index (κ2) is 8.88. The molecule has 1 aromatic heterocycles. The highest BCUT2D eigenvalue weighted by atomic mass is 32.2. The Morgan fingerprint density at radius 1 is 1.18 bits per heavy atom. The number of rotatable bonds is 7. The molecule has 156 valence electrons. The zero-order chi connectivity index (χ0) is 21.2. The molecule has 0 saturated carbocycles. The van der Waals surface area contributed by atoms with Gasteiger partial charge >= 0.3 is 0 Å². The molecule has 0 spiro atoms. The molecule has 0 aliphatic carbocycles. The van der Waals surface area contributed by atoms with Gasteiger partial charge in [-0.15, -0.1) is 21.9 Å². The van der Waals surface area contributed by atoms with E-state index < -0.39 is 22.4 Å². The standard InChI is InChI=1S/C20H29FN3O2S2/c1-11(2)15-8-14(21)9-16(12(3)4)18(15)23-13(5)24-28(26)17-10-22-19(27-17)20(6,7)25/h8-13,23,25H,1-7H3/q-1. The maximum atomic E-state index is 14.1. The molecule has 8 heteroatoms. The van der Waals surface area contributed by atoms with E-state index in [4.69, 9.17) is 0 Å². The number of nitrogens with one attached hydrogen (secondary N) is 1. The summed E-state index contributed by atoms with van der Waals surface area (Å²) in [6.07, 6.45) is 1.04. The monoisotopic (exact) mass is 426 g/mol. The maximum absolute atomic E-state index is 14.1. The molecule has 0 fully saturated rings. The van der Waals surface area contributed by atoms with Crippen LogP contribution in [0.25, 0.3) is 0 Å². The van der Waals surface area contributed by atoms with Gasteiger partial charge in [-0.2, -0.15) is 0 Å². The SMILES string of the molecule is CC(N=[S-](=O)c1cnc(C(C)(C)O)s1)Nc1c(C(C)C)cc(F)cc1C(C)C. The highest BCUT2D eigenvalue weighted by Gasteiger charge is 2.19. The van der Waals surface area contributed by atoms with Crippen LogP contribution in [0, 0.1) is 5.82 Å². The van der Waals surface area contributed by atoms with Gasteiger partial charge in [0, 0.05) is 11.9 Å². The van der Waals surface area contributed by atoms with E-state index in [1.807, 2.05) is 34.6 Å². The maximum Gasteiger partial charge on any atom is 0.123 e. The van der Waals surface area contributed by atoms with Crippen molar-refractivity contribution < 1.29 is 13.7 Å². The van der Waals surface area contributed by atoms with Gasteiger partial charge in [0.2, 0.25) is 0 Å². The average Bonchev–Trinajstić information content (AvgIpc) is 3.06. The number of anilines is 1. The lowest BCUT2D eigenvalue weighted by atomic mass is 9.92. The van der Waals surface area contributed by atoms with Crippen LogP contribution in [0.2, 0.25) is 0 Å². The van der Waals surface area contributed by atoms with Crippen molar-refractivity contribution in [2.45, 2.75) is 76.3 Å². The van der Waals surface area contributed by atoms with Gasteiger partial charge in [0.1, 0.15) is 16.4 Å².